The summed E-state index contributed by atoms with van der Waals surface area (Å²) >= 11 is 0. The molecule has 0 atom stereocenters. The fourth-order valence-electron chi connectivity index (χ4n) is 2.92. The monoisotopic (exact) mass is 341 g/mol. The van der Waals surface area contributed by atoms with Crippen molar-refractivity contribution in [2.24, 2.45) is 0 Å². The lowest BCUT2D eigenvalue weighted by Crippen LogP contribution is -2.42. The molecular weight excluding hydrogens is 298 g/mol. The van der Waals surface area contributed by atoms with Crippen LogP contribution >= 0.6 is 0 Å². The minimum Gasteiger partial charge on any atom is -0.353 e. The van der Waals surface area contributed by atoms with E-state index in [2.05, 4.69) is 24.4 Å². The molecule has 0 radical (unpaired) electrons. The van der Waals surface area contributed by atoms with Gasteiger partial charge in [0.05, 0.1) is 0 Å². The van der Waals surface area contributed by atoms with Gasteiger partial charge in [0.25, 0.3) is 0 Å². The number of allylic oxidation sites excluding steroid dienone is 2. The van der Waals surface area contributed by atoms with Crippen LogP contribution in [0.4, 0.5) is 0 Å². The molecule has 0 amide bonds. The van der Waals surface area contributed by atoms with Gasteiger partial charge < -0.3 is 10.2 Å². The summed E-state index contributed by atoms with van der Waals surface area (Å²) in [5, 5.41) is 21.3. The van der Waals surface area contributed by atoms with Crippen LogP contribution in [0.15, 0.2) is 12.2 Å². The summed E-state index contributed by atoms with van der Waals surface area (Å²) in [6, 6.07) is 0. The minimum absolute atomic E-state index is 0.410. The molecule has 0 bridgehead atoms. The summed E-state index contributed by atoms with van der Waals surface area (Å²) in [6.07, 6.45) is 24.3. The average molecular weight is 342 g/mol. The highest BCUT2D eigenvalue weighted by molar-refractivity contribution is 4.81. The second-order valence-electron chi connectivity index (χ2n) is 7.11. The van der Waals surface area contributed by atoms with Gasteiger partial charge in [0.15, 0.2) is 0 Å². The summed E-state index contributed by atoms with van der Waals surface area (Å²) in [5.41, 5.74) is 0. The maximum absolute atomic E-state index is 9.39. The molecule has 0 rings (SSSR count). The lowest BCUT2D eigenvalue weighted by Gasteiger charge is -2.20. The second kappa shape index (κ2) is 17.4. The van der Waals surface area contributed by atoms with Gasteiger partial charge in [-0.15, -0.1) is 0 Å². The van der Waals surface area contributed by atoms with Crippen LogP contribution in [0.2, 0.25) is 0 Å². The third kappa shape index (κ3) is 18.0. The first-order valence-electron chi connectivity index (χ1n) is 10.4. The molecule has 0 aliphatic heterocycles. The first-order chi connectivity index (χ1) is 11.6. The molecule has 0 spiro atoms. The van der Waals surface area contributed by atoms with Gasteiger partial charge in [-0.25, -0.2) is 0 Å². The number of unbranched alkanes of at least 4 members (excludes halogenated alkanes) is 13. The molecule has 0 fully saturated rings. The highest BCUT2D eigenvalue weighted by atomic mass is 16.5. The number of aliphatic hydroxyl groups is 2. The second-order valence-corrected chi connectivity index (χ2v) is 7.11. The maximum atomic E-state index is 9.39. The Kier molecular flexibility index (Phi) is 17.2. The van der Waals surface area contributed by atoms with Gasteiger partial charge >= 0.3 is 0 Å². The minimum atomic E-state index is -1.68. The van der Waals surface area contributed by atoms with Crippen molar-refractivity contribution in [1.29, 1.82) is 0 Å². The Morgan fingerprint density at radius 1 is 0.667 bits per heavy atom. The number of rotatable bonds is 18. The highest BCUT2D eigenvalue weighted by Crippen LogP contribution is 2.13. The first kappa shape index (κ1) is 23.6. The van der Waals surface area contributed by atoms with Gasteiger partial charge in [-0.3, -0.25) is 5.32 Å². The summed E-state index contributed by atoms with van der Waals surface area (Å²) < 4.78 is 0. The lowest BCUT2D eigenvalue weighted by molar-refractivity contribution is -0.186. The Balaban J connectivity index is 3.15. The van der Waals surface area contributed by atoms with Crippen molar-refractivity contribution in [2.75, 3.05) is 7.05 Å². The van der Waals surface area contributed by atoms with E-state index in [1.807, 2.05) is 0 Å². The summed E-state index contributed by atoms with van der Waals surface area (Å²) in [6.45, 7) is 2.27. The average Bonchev–Trinajstić information content (AvgIpc) is 2.57. The van der Waals surface area contributed by atoms with Crippen LogP contribution in [0.3, 0.4) is 0 Å². The molecule has 0 heterocycles. The van der Waals surface area contributed by atoms with Crippen molar-refractivity contribution >= 4 is 0 Å². The fourth-order valence-corrected chi connectivity index (χ4v) is 2.92. The van der Waals surface area contributed by atoms with E-state index < -0.39 is 5.91 Å². The van der Waals surface area contributed by atoms with Crippen LogP contribution in [0.25, 0.3) is 0 Å². The zero-order chi connectivity index (χ0) is 17.9. The van der Waals surface area contributed by atoms with Gasteiger partial charge in [0.1, 0.15) is 0 Å². The van der Waals surface area contributed by atoms with E-state index in [1.54, 1.807) is 7.05 Å². The molecule has 0 unspecified atom stereocenters. The molecule has 0 aliphatic rings. The Morgan fingerprint density at radius 3 is 1.54 bits per heavy atom. The molecule has 0 saturated carbocycles. The third-order valence-electron chi connectivity index (χ3n) is 4.69. The van der Waals surface area contributed by atoms with E-state index in [9.17, 15) is 10.2 Å². The Bertz CT molecular complexity index is 277. The van der Waals surface area contributed by atoms with E-state index >= 15 is 0 Å². The molecule has 144 valence electrons. The van der Waals surface area contributed by atoms with Gasteiger partial charge in [-0.05, 0) is 39.2 Å². The largest absolute Gasteiger partial charge is 0.353 e. The van der Waals surface area contributed by atoms with Gasteiger partial charge in [-0.2, -0.15) is 0 Å². The molecule has 0 saturated heterocycles. The van der Waals surface area contributed by atoms with Crippen LogP contribution < -0.4 is 5.32 Å². The molecule has 0 aliphatic carbocycles. The third-order valence-corrected chi connectivity index (χ3v) is 4.69. The topological polar surface area (TPSA) is 52.5 Å². The van der Waals surface area contributed by atoms with Crippen molar-refractivity contribution in [3.8, 4) is 0 Å². The summed E-state index contributed by atoms with van der Waals surface area (Å²) in [4.78, 5) is 0. The van der Waals surface area contributed by atoms with Gasteiger partial charge in [-0.1, -0.05) is 83.3 Å². The van der Waals surface area contributed by atoms with E-state index in [-0.39, 0.29) is 0 Å². The molecular formula is C21H43NO2. The molecule has 24 heavy (non-hydrogen) atoms. The Morgan fingerprint density at radius 2 is 1.08 bits per heavy atom. The number of nitrogens with one attached hydrogen (secondary N) is 1. The zero-order valence-corrected chi connectivity index (χ0v) is 16.4. The van der Waals surface area contributed by atoms with Crippen molar-refractivity contribution in [3.63, 3.8) is 0 Å². The Labute approximate surface area is 150 Å². The van der Waals surface area contributed by atoms with E-state index in [1.165, 1.54) is 83.5 Å². The first-order valence-corrected chi connectivity index (χ1v) is 10.4. The molecule has 3 heteroatoms. The van der Waals surface area contributed by atoms with Crippen LogP contribution in [0.5, 0.6) is 0 Å². The Hall–Kier alpha value is -0.380. The van der Waals surface area contributed by atoms with Crippen molar-refractivity contribution in [3.05, 3.63) is 12.2 Å². The lowest BCUT2D eigenvalue weighted by atomic mass is 10.1. The van der Waals surface area contributed by atoms with Crippen molar-refractivity contribution in [1.82, 2.24) is 5.32 Å². The standard InChI is InChI=1S/C21H43NO2/c1-3-4-5-6-7-8-9-10-11-12-13-14-15-16-17-18-19-20-21(23,24)22-2/h10-11,22-24H,3-9,12-20H2,1-2H3/b11-10-. The SMILES string of the molecule is CCCCCCCC/C=C\CCCCCCCCCC(O)(O)NC. The normalized spacial score (nSPS) is 12.3. The molecule has 0 aromatic heterocycles. The quantitative estimate of drug-likeness (QED) is 0.171. The van der Waals surface area contributed by atoms with Crippen molar-refractivity contribution < 1.29 is 10.2 Å². The molecule has 3 N–H and O–H groups in total. The fraction of sp³-hybridized carbons (Fsp3) is 0.905. The predicted molar refractivity (Wildman–Crippen MR) is 105 cm³/mol. The van der Waals surface area contributed by atoms with Gasteiger partial charge in [0, 0.05) is 6.42 Å². The van der Waals surface area contributed by atoms with E-state index in [4.69, 9.17) is 0 Å². The van der Waals surface area contributed by atoms with E-state index in [0.29, 0.717) is 6.42 Å². The summed E-state index contributed by atoms with van der Waals surface area (Å²) in [5.74, 6) is -1.68. The number of hydrogen-bond acceptors (Lipinski definition) is 3. The van der Waals surface area contributed by atoms with Crippen LogP contribution in [0.1, 0.15) is 110 Å². The van der Waals surface area contributed by atoms with Crippen LogP contribution in [0, 0.1) is 0 Å². The molecule has 0 aromatic carbocycles. The van der Waals surface area contributed by atoms with E-state index in [0.717, 1.165) is 12.8 Å². The van der Waals surface area contributed by atoms with Crippen molar-refractivity contribution in [2.45, 2.75) is 116 Å². The highest BCUT2D eigenvalue weighted by Gasteiger charge is 2.18. The predicted octanol–water partition coefficient (Wildman–Crippen LogP) is 5.66. The smallest absolute Gasteiger partial charge is 0.222 e. The molecule has 3 nitrogen and oxygen atoms in total. The number of hydrogen-bond donors (Lipinski definition) is 3. The molecule has 0 aromatic rings. The van der Waals surface area contributed by atoms with Crippen LogP contribution in [-0.4, -0.2) is 23.2 Å². The summed E-state index contributed by atoms with van der Waals surface area (Å²) in [7, 11) is 1.57. The zero-order valence-electron chi connectivity index (χ0n) is 16.4. The maximum Gasteiger partial charge on any atom is 0.222 e. The van der Waals surface area contributed by atoms with Gasteiger partial charge in [0.2, 0.25) is 5.91 Å². The van der Waals surface area contributed by atoms with Crippen LogP contribution in [-0.2, 0) is 0 Å².